The number of aryl methyl sites for hydroxylation is 1. The molecule has 160 valence electrons. The van der Waals surface area contributed by atoms with E-state index in [9.17, 15) is 9.59 Å². The highest BCUT2D eigenvalue weighted by Crippen LogP contribution is 2.41. The van der Waals surface area contributed by atoms with Gasteiger partial charge in [-0.05, 0) is 42.7 Å². The van der Waals surface area contributed by atoms with Crippen molar-refractivity contribution in [2.45, 2.75) is 39.3 Å². The monoisotopic (exact) mass is 417 g/mol. The number of likely N-dealkylation sites (N-methyl/N-ethyl adjacent to an activating group) is 1. The lowest BCUT2D eigenvalue weighted by molar-refractivity contribution is -0.132. The molecule has 0 radical (unpaired) electrons. The van der Waals surface area contributed by atoms with Gasteiger partial charge in [0.25, 0.3) is 0 Å². The predicted octanol–water partition coefficient (Wildman–Crippen LogP) is 4.28. The molecule has 1 unspecified atom stereocenters. The zero-order valence-electron chi connectivity index (χ0n) is 18.2. The maximum atomic E-state index is 13.1. The summed E-state index contributed by atoms with van der Waals surface area (Å²) in [4.78, 5) is 28.8. The molecule has 0 N–H and O–H groups in total. The van der Waals surface area contributed by atoms with Crippen molar-refractivity contribution >= 4 is 22.8 Å². The SMILES string of the molecule is CCCOc1ccc2c(c1)c1c(n2Cc2ccc(C)cc2)CN2CC1C(=O)N(C)C2=O. The molecular weight excluding hydrogens is 390 g/mol. The number of rotatable bonds is 5. The average Bonchev–Trinajstić information content (AvgIpc) is 3.09. The molecule has 0 aliphatic carbocycles. The number of urea groups is 1. The molecule has 5 rings (SSSR count). The van der Waals surface area contributed by atoms with Crippen molar-refractivity contribution in [1.29, 1.82) is 0 Å². The molecule has 1 aromatic heterocycles. The number of carbonyl (C=O) groups is 2. The second-order valence-electron chi connectivity index (χ2n) is 8.57. The fraction of sp³-hybridized carbons (Fsp3) is 0.360. The Labute approximate surface area is 182 Å². The van der Waals surface area contributed by atoms with Crippen molar-refractivity contribution in [3.05, 3.63) is 64.8 Å². The van der Waals surface area contributed by atoms with Crippen molar-refractivity contribution in [3.63, 3.8) is 0 Å². The van der Waals surface area contributed by atoms with Gasteiger partial charge < -0.3 is 14.2 Å². The number of aromatic nitrogens is 1. The standard InChI is InChI=1S/C25H27N3O3/c1-4-11-31-18-9-10-21-19(12-18)23-20-14-27(25(30)26(3)24(20)29)15-22(23)28(21)13-17-7-5-16(2)6-8-17/h5-10,12,20H,4,11,13-15H2,1-3H3. The molecule has 6 heteroatoms. The summed E-state index contributed by atoms with van der Waals surface area (Å²) in [6.45, 7) is 6.47. The molecule has 3 aromatic rings. The molecule has 0 saturated carbocycles. The zero-order chi connectivity index (χ0) is 21.7. The van der Waals surface area contributed by atoms with Crippen LogP contribution in [0.15, 0.2) is 42.5 Å². The Balaban J connectivity index is 1.69. The van der Waals surface area contributed by atoms with Crippen LogP contribution in [-0.4, -0.2) is 46.5 Å². The highest BCUT2D eigenvalue weighted by Gasteiger charge is 2.44. The van der Waals surface area contributed by atoms with Crippen LogP contribution < -0.4 is 4.74 Å². The lowest BCUT2D eigenvalue weighted by atomic mass is 9.89. The van der Waals surface area contributed by atoms with Gasteiger partial charge in [0, 0.05) is 36.7 Å². The van der Waals surface area contributed by atoms with Crippen molar-refractivity contribution in [3.8, 4) is 5.75 Å². The van der Waals surface area contributed by atoms with E-state index in [4.69, 9.17) is 4.74 Å². The number of carbonyl (C=O) groups excluding carboxylic acids is 2. The topological polar surface area (TPSA) is 54.8 Å². The Hall–Kier alpha value is -3.28. The van der Waals surface area contributed by atoms with Gasteiger partial charge >= 0.3 is 6.03 Å². The molecule has 0 spiro atoms. The molecule has 31 heavy (non-hydrogen) atoms. The van der Waals surface area contributed by atoms with Gasteiger partial charge in [-0.25, -0.2) is 4.79 Å². The molecule has 2 aliphatic heterocycles. The molecular formula is C25H27N3O3. The molecule has 3 amide bonds. The molecule has 1 atom stereocenters. The fourth-order valence-corrected chi connectivity index (χ4v) is 4.78. The van der Waals surface area contributed by atoms with Gasteiger partial charge in [-0.2, -0.15) is 0 Å². The number of nitrogens with zero attached hydrogens (tertiary/aromatic N) is 3. The number of amides is 3. The van der Waals surface area contributed by atoms with Gasteiger partial charge in [0.05, 0.1) is 19.1 Å². The number of imide groups is 1. The smallest absolute Gasteiger partial charge is 0.326 e. The van der Waals surface area contributed by atoms with Gasteiger partial charge in [0.2, 0.25) is 5.91 Å². The molecule has 1 fully saturated rings. The zero-order valence-corrected chi connectivity index (χ0v) is 18.2. The van der Waals surface area contributed by atoms with Crippen LogP contribution in [0.3, 0.4) is 0 Å². The van der Waals surface area contributed by atoms with Crippen molar-refractivity contribution in [2.75, 3.05) is 20.2 Å². The predicted molar refractivity (Wildman–Crippen MR) is 119 cm³/mol. The largest absolute Gasteiger partial charge is 0.494 e. The van der Waals surface area contributed by atoms with Gasteiger partial charge in [0.1, 0.15) is 5.75 Å². The third-order valence-corrected chi connectivity index (χ3v) is 6.40. The first kappa shape index (κ1) is 19.7. The molecule has 3 heterocycles. The van der Waals surface area contributed by atoms with E-state index in [1.54, 1.807) is 11.9 Å². The van der Waals surface area contributed by atoms with E-state index in [0.717, 1.165) is 34.3 Å². The van der Waals surface area contributed by atoms with Crippen molar-refractivity contribution in [2.24, 2.45) is 0 Å². The minimum absolute atomic E-state index is 0.128. The number of benzene rings is 2. The first-order chi connectivity index (χ1) is 15.0. The summed E-state index contributed by atoms with van der Waals surface area (Å²) in [5.41, 5.74) is 5.59. The van der Waals surface area contributed by atoms with E-state index >= 15 is 0 Å². The molecule has 6 nitrogen and oxygen atoms in total. The minimum atomic E-state index is -0.338. The van der Waals surface area contributed by atoms with Gasteiger partial charge in [-0.1, -0.05) is 36.8 Å². The maximum Gasteiger partial charge on any atom is 0.326 e. The highest BCUT2D eigenvalue weighted by atomic mass is 16.5. The van der Waals surface area contributed by atoms with Crippen LogP contribution in [0, 0.1) is 6.92 Å². The highest BCUT2D eigenvalue weighted by molar-refractivity contribution is 6.04. The van der Waals surface area contributed by atoms with Crippen LogP contribution in [0.5, 0.6) is 5.75 Å². The van der Waals surface area contributed by atoms with Crippen LogP contribution in [0.4, 0.5) is 4.79 Å². The summed E-state index contributed by atoms with van der Waals surface area (Å²) in [6, 6.07) is 14.4. The van der Waals surface area contributed by atoms with Gasteiger partial charge in [-0.15, -0.1) is 0 Å². The van der Waals surface area contributed by atoms with E-state index in [-0.39, 0.29) is 17.9 Å². The first-order valence-electron chi connectivity index (χ1n) is 10.9. The Morgan fingerprint density at radius 3 is 2.61 bits per heavy atom. The summed E-state index contributed by atoms with van der Waals surface area (Å²) in [7, 11) is 1.58. The molecule has 2 aromatic carbocycles. The Morgan fingerprint density at radius 2 is 1.87 bits per heavy atom. The second kappa shape index (κ2) is 7.45. The van der Waals surface area contributed by atoms with E-state index in [1.165, 1.54) is 16.0 Å². The van der Waals surface area contributed by atoms with Crippen LogP contribution >= 0.6 is 0 Å². The van der Waals surface area contributed by atoms with E-state index in [0.29, 0.717) is 26.2 Å². The van der Waals surface area contributed by atoms with E-state index < -0.39 is 0 Å². The minimum Gasteiger partial charge on any atom is -0.494 e. The summed E-state index contributed by atoms with van der Waals surface area (Å²) in [5, 5.41) is 1.05. The summed E-state index contributed by atoms with van der Waals surface area (Å²) in [5.74, 6) is 0.353. The lowest BCUT2D eigenvalue weighted by Crippen LogP contribution is -2.56. The van der Waals surface area contributed by atoms with Crippen molar-refractivity contribution in [1.82, 2.24) is 14.4 Å². The first-order valence-corrected chi connectivity index (χ1v) is 10.9. The van der Waals surface area contributed by atoms with E-state index in [1.807, 2.05) is 6.07 Å². The molecule has 1 saturated heterocycles. The Kier molecular flexibility index (Phi) is 4.73. The van der Waals surface area contributed by atoms with Crippen LogP contribution in [0.2, 0.25) is 0 Å². The second-order valence-corrected chi connectivity index (χ2v) is 8.57. The van der Waals surface area contributed by atoms with Crippen LogP contribution in [-0.2, 0) is 17.9 Å². The maximum absolute atomic E-state index is 13.1. The summed E-state index contributed by atoms with van der Waals surface area (Å²) < 4.78 is 8.16. The number of fused-ring (bicyclic) bond motifs is 6. The average molecular weight is 418 g/mol. The Bertz CT molecular complexity index is 1180. The van der Waals surface area contributed by atoms with Gasteiger partial charge in [-0.3, -0.25) is 9.69 Å². The van der Waals surface area contributed by atoms with Crippen molar-refractivity contribution < 1.29 is 14.3 Å². The molecule has 2 aliphatic rings. The normalized spacial score (nSPS) is 18.0. The number of ether oxygens (including phenoxy) is 1. The molecule has 2 bridgehead atoms. The third kappa shape index (κ3) is 3.17. The van der Waals surface area contributed by atoms with Crippen LogP contribution in [0.25, 0.3) is 10.9 Å². The quantitative estimate of drug-likeness (QED) is 0.623. The lowest BCUT2D eigenvalue weighted by Gasteiger charge is -2.41. The Morgan fingerprint density at radius 1 is 1.10 bits per heavy atom. The third-order valence-electron chi connectivity index (χ3n) is 6.40. The number of hydrogen-bond donors (Lipinski definition) is 0. The van der Waals surface area contributed by atoms with E-state index in [2.05, 4.69) is 54.8 Å². The van der Waals surface area contributed by atoms with Gasteiger partial charge in [0.15, 0.2) is 0 Å². The number of hydrogen-bond acceptors (Lipinski definition) is 3. The van der Waals surface area contributed by atoms with Crippen LogP contribution in [0.1, 0.15) is 41.6 Å². The summed E-state index contributed by atoms with van der Waals surface area (Å²) in [6.07, 6.45) is 0.938. The fourth-order valence-electron chi connectivity index (χ4n) is 4.78. The summed E-state index contributed by atoms with van der Waals surface area (Å²) >= 11 is 0.